The van der Waals surface area contributed by atoms with E-state index >= 15 is 0 Å². The number of hydrogen-bond donors (Lipinski definition) is 1. The highest BCUT2D eigenvalue weighted by molar-refractivity contribution is 5.87. The molecule has 2 aromatic carbocycles. The Morgan fingerprint density at radius 2 is 1.70 bits per heavy atom. The smallest absolute Gasteiger partial charge is 0.243 e. The molecule has 0 aliphatic heterocycles. The van der Waals surface area contributed by atoms with Gasteiger partial charge in [0.05, 0.1) is 11.9 Å². The maximum atomic E-state index is 13.0. The average molecular weight is 383 g/mol. The van der Waals surface area contributed by atoms with Gasteiger partial charge in [0.15, 0.2) is 0 Å². The number of likely N-dealkylation sites (N-methyl/N-ethyl adjacent to an activating group) is 1. The Hall–Kier alpha value is -2.63. The second kappa shape index (κ2) is 7.55. The maximum absolute atomic E-state index is 13.0. The monoisotopic (exact) mass is 382 g/mol. The van der Waals surface area contributed by atoms with Crippen LogP contribution in [0.1, 0.15) is 16.7 Å². The van der Waals surface area contributed by atoms with Crippen LogP contribution in [-0.2, 0) is 24.2 Å². The lowest BCUT2D eigenvalue weighted by atomic mass is 9.95. The Balaban J connectivity index is 0.00000210. The van der Waals surface area contributed by atoms with Crippen LogP contribution in [0.5, 0.6) is 0 Å². The van der Waals surface area contributed by atoms with Crippen LogP contribution < -0.4 is 5.73 Å². The fourth-order valence-electron chi connectivity index (χ4n) is 3.69. The van der Waals surface area contributed by atoms with Gasteiger partial charge in [0.1, 0.15) is 5.54 Å². The van der Waals surface area contributed by atoms with Gasteiger partial charge in [0, 0.05) is 25.4 Å². The van der Waals surface area contributed by atoms with E-state index in [2.05, 4.69) is 17.2 Å². The fraction of sp³-hybridized carbons (Fsp3) is 0.238. The average Bonchev–Trinajstić information content (AvgIpc) is 3.25. The van der Waals surface area contributed by atoms with E-state index in [4.69, 9.17) is 5.73 Å². The number of hydrogen-bond acceptors (Lipinski definition) is 3. The number of carbonyl (C=O) groups excluding carboxylic acids is 1. The zero-order valence-corrected chi connectivity index (χ0v) is 16.0. The minimum absolute atomic E-state index is 0. The second-order valence-electron chi connectivity index (χ2n) is 7.07. The van der Waals surface area contributed by atoms with Crippen LogP contribution in [0.4, 0.5) is 0 Å². The van der Waals surface area contributed by atoms with E-state index in [-0.39, 0.29) is 18.3 Å². The SMILES string of the molecule is CN(Cc1cnn(-c2ccccc2)c1)C(=O)C1(N)Cc2ccccc2C1.Cl. The van der Waals surface area contributed by atoms with Gasteiger partial charge in [-0.15, -0.1) is 12.4 Å². The van der Waals surface area contributed by atoms with E-state index in [9.17, 15) is 4.79 Å². The maximum Gasteiger partial charge on any atom is 0.243 e. The third-order valence-corrected chi connectivity index (χ3v) is 4.98. The molecule has 0 radical (unpaired) electrons. The number of nitrogens with two attached hydrogens (primary N) is 1. The van der Waals surface area contributed by atoms with Gasteiger partial charge in [0.2, 0.25) is 5.91 Å². The van der Waals surface area contributed by atoms with Crippen molar-refractivity contribution in [2.24, 2.45) is 5.73 Å². The van der Waals surface area contributed by atoms with Crippen LogP contribution in [0.15, 0.2) is 67.0 Å². The van der Waals surface area contributed by atoms with E-state index in [1.165, 1.54) is 11.1 Å². The number of nitrogens with zero attached hydrogens (tertiary/aromatic N) is 3. The van der Waals surface area contributed by atoms with Gasteiger partial charge < -0.3 is 10.6 Å². The van der Waals surface area contributed by atoms with Gasteiger partial charge in [-0.05, 0) is 36.1 Å². The third kappa shape index (κ3) is 3.75. The largest absolute Gasteiger partial charge is 0.340 e. The molecule has 1 heterocycles. The van der Waals surface area contributed by atoms with Crippen LogP contribution >= 0.6 is 12.4 Å². The van der Waals surface area contributed by atoms with Crippen molar-refractivity contribution in [3.05, 3.63) is 83.7 Å². The molecule has 0 unspecified atom stereocenters. The minimum atomic E-state index is -0.853. The molecule has 0 fully saturated rings. The molecule has 0 saturated heterocycles. The summed E-state index contributed by atoms with van der Waals surface area (Å²) >= 11 is 0. The predicted octanol–water partition coefficient (Wildman–Crippen LogP) is 2.75. The Labute approximate surface area is 165 Å². The van der Waals surface area contributed by atoms with Crippen molar-refractivity contribution in [3.8, 4) is 5.69 Å². The molecular formula is C21H23ClN4O. The lowest BCUT2D eigenvalue weighted by Crippen LogP contribution is -2.55. The summed E-state index contributed by atoms with van der Waals surface area (Å²) in [6, 6.07) is 18.0. The molecule has 0 saturated carbocycles. The zero-order valence-electron chi connectivity index (χ0n) is 15.2. The number of rotatable bonds is 4. The highest BCUT2D eigenvalue weighted by atomic mass is 35.5. The van der Waals surface area contributed by atoms with Crippen molar-refractivity contribution in [2.75, 3.05) is 7.05 Å². The van der Waals surface area contributed by atoms with Crippen molar-refractivity contribution in [1.82, 2.24) is 14.7 Å². The predicted molar refractivity (Wildman–Crippen MR) is 108 cm³/mol. The first-order valence-corrected chi connectivity index (χ1v) is 8.75. The molecule has 27 heavy (non-hydrogen) atoms. The summed E-state index contributed by atoms with van der Waals surface area (Å²) in [6.07, 6.45) is 4.93. The van der Waals surface area contributed by atoms with Crippen molar-refractivity contribution in [3.63, 3.8) is 0 Å². The number of para-hydroxylation sites is 1. The van der Waals surface area contributed by atoms with Crippen LogP contribution in [0, 0.1) is 0 Å². The van der Waals surface area contributed by atoms with Crippen molar-refractivity contribution < 1.29 is 4.79 Å². The van der Waals surface area contributed by atoms with Crippen molar-refractivity contribution in [2.45, 2.75) is 24.9 Å². The Bertz CT molecular complexity index is 913. The number of fused-ring (bicyclic) bond motifs is 1. The number of halogens is 1. The molecule has 4 rings (SSSR count). The summed E-state index contributed by atoms with van der Waals surface area (Å²) in [5.74, 6) is -0.0267. The Morgan fingerprint density at radius 1 is 1.11 bits per heavy atom. The van der Waals surface area contributed by atoms with Crippen molar-refractivity contribution >= 4 is 18.3 Å². The van der Waals surface area contributed by atoms with Crippen LogP contribution in [0.2, 0.25) is 0 Å². The van der Waals surface area contributed by atoms with E-state index in [1.807, 2.05) is 53.3 Å². The molecule has 1 aromatic heterocycles. The van der Waals surface area contributed by atoms with Crippen LogP contribution in [-0.4, -0.2) is 33.2 Å². The number of amides is 1. The summed E-state index contributed by atoms with van der Waals surface area (Å²) in [5, 5.41) is 4.39. The minimum Gasteiger partial charge on any atom is -0.340 e. The first-order valence-electron chi connectivity index (χ1n) is 8.75. The molecule has 0 spiro atoms. The zero-order chi connectivity index (χ0) is 18.1. The number of carbonyl (C=O) groups is 1. The van der Waals surface area contributed by atoms with E-state index in [0.29, 0.717) is 19.4 Å². The van der Waals surface area contributed by atoms with Crippen LogP contribution in [0.25, 0.3) is 5.69 Å². The lowest BCUT2D eigenvalue weighted by Gasteiger charge is -2.28. The van der Waals surface area contributed by atoms with Gasteiger partial charge in [-0.1, -0.05) is 42.5 Å². The summed E-state index contributed by atoms with van der Waals surface area (Å²) in [6.45, 7) is 0.487. The summed E-state index contributed by atoms with van der Waals surface area (Å²) < 4.78 is 1.82. The third-order valence-electron chi connectivity index (χ3n) is 4.98. The standard InChI is InChI=1S/C21H22N4O.ClH/c1-24(14-16-13-23-25(15-16)19-9-3-2-4-10-19)20(26)21(22)11-17-7-5-6-8-18(17)12-21;/h2-10,13,15H,11-12,14,22H2,1H3;1H. The first-order chi connectivity index (χ1) is 12.5. The fourth-order valence-corrected chi connectivity index (χ4v) is 3.69. The molecule has 3 aromatic rings. The van der Waals surface area contributed by atoms with Gasteiger partial charge >= 0.3 is 0 Å². The molecule has 1 aliphatic carbocycles. The Kier molecular flexibility index (Phi) is 5.35. The number of benzene rings is 2. The normalized spacial score (nSPS) is 14.3. The molecule has 1 aliphatic rings. The Morgan fingerprint density at radius 3 is 2.33 bits per heavy atom. The van der Waals surface area contributed by atoms with Crippen molar-refractivity contribution in [1.29, 1.82) is 0 Å². The number of aromatic nitrogens is 2. The molecule has 6 heteroatoms. The molecular weight excluding hydrogens is 360 g/mol. The molecule has 0 atom stereocenters. The first kappa shape index (κ1) is 19.1. The highest BCUT2D eigenvalue weighted by Crippen LogP contribution is 2.29. The van der Waals surface area contributed by atoms with E-state index < -0.39 is 5.54 Å². The molecule has 1 amide bonds. The van der Waals surface area contributed by atoms with Crippen LogP contribution in [0.3, 0.4) is 0 Å². The molecule has 140 valence electrons. The topological polar surface area (TPSA) is 64.2 Å². The highest BCUT2D eigenvalue weighted by Gasteiger charge is 2.41. The molecule has 5 nitrogen and oxygen atoms in total. The molecule has 2 N–H and O–H groups in total. The van der Waals surface area contributed by atoms with Gasteiger partial charge in [-0.25, -0.2) is 4.68 Å². The summed E-state index contributed by atoms with van der Waals surface area (Å²) in [7, 11) is 1.81. The summed E-state index contributed by atoms with van der Waals surface area (Å²) in [4.78, 5) is 14.7. The van der Waals surface area contributed by atoms with Gasteiger partial charge in [-0.2, -0.15) is 5.10 Å². The summed E-state index contributed by atoms with van der Waals surface area (Å²) in [5.41, 5.74) is 9.96. The second-order valence-corrected chi connectivity index (χ2v) is 7.07. The quantitative estimate of drug-likeness (QED) is 0.754. The molecule has 0 bridgehead atoms. The lowest BCUT2D eigenvalue weighted by molar-refractivity contribution is -0.135. The van der Waals surface area contributed by atoms with E-state index in [0.717, 1.165) is 11.3 Å². The van der Waals surface area contributed by atoms with Gasteiger partial charge in [-0.3, -0.25) is 4.79 Å². The van der Waals surface area contributed by atoms with E-state index in [1.54, 1.807) is 18.1 Å². The van der Waals surface area contributed by atoms with Gasteiger partial charge in [0.25, 0.3) is 0 Å².